The summed E-state index contributed by atoms with van der Waals surface area (Å²) in [6, 6.07) is 7.67. The van der Waals surface area contributed by atoms with Gasteiger partial charge in [0.15, 0.2) is 0 Å². The summed E-state index contributed by atoms with van der Waals surface area (Å²) in [7, 11) is 0. The van der Waals surface area contributed by atoms with E-state index in [-0.39, 0.29) is 11.3 Å². The Morgan fingerprint density at radius 1 is 0.886 bits per heavy atom. The monoisotopic (exact) mass is 502 g/mol. The highest BCUT2D eigenvalue weighted by atomic mass is 35.5. The zero-order valence-corrected chi connectivity index (χ0v) is 22.8. The Bertz CT molecular complexity index is 890. The normalized spacial score (nSPS) is 44.7. The first kappa shape index (κ1) is 26.0. The Morgan fingerprint density at radius 3 is 2.34 bits per heavy atom. The number of fused-ring (bicyclic) bond motifs is 5. The van der Waals surface area contributed by atoms with E-state index < -0.39 is 18.3 Å². The minimum absolute atomic E-state index is 0.196. The van der Waals surface area contributed by atoms with Crippen molar-refractivity contribution in [1.82, 2.24) is 0 Å². The molecule has 0 heterocycles. The molecule has 3 N–H and O–H groups in total. The van der Waals surface area contributed by atoms with Crippen LogP contribution < -0.4 is 0 Å². The molecule has 0 radical (unpaired) electrons. The van der Waals surface area contributed by atoms with E-state index in [9.17, 15) is 15.3 Å². The van der Waals surface area contributed by atoms with Crippen LogP contribution in [0.15, 0.2) is 24.3 Å². The largest absolute Gasteiger partial charge is 0.390 e. The molecule has 0 amide bonds. The van der Waals surface area contributed by atoms with Crippen molar-refractivity contribution >= 4 is 11.6 Å². The second-order valence-corrected chi connectivity index (χ2v) is 13.7. The van der Waals surface area contributed by atoms with Crippen molar-refractivity contribution in [2.24, 2.45) is 46.3 Å². The summed E-state index contributed by atoms with van der Waals surface area (Å²) in [6.07, 6.45) is 10.9. The number of halogens is 1. The molecule has 196 valence electrons. The van der Waals surface area contributed by atoms with Gasteiger partial charge < -0.3 is 15.3 Å². The van der Waals surface area contributed by atoms with Crippen LogP contribution in [-0.4, -0.2) is 27.5 Å². The van der Waals surface area contributed by atoms with Gasteiger partial charge in [-0.3, -0.25) is 0 Å². The minimum atomic E-state index is -0.527. The lowest BCUT2D eigenvalue weighted by atomic mass is 9.44. The molecular formula is C31H47ClO3. The molecule has 5 rings (SSSR count). The smallest absolute Gasteiger partial charge is 0.0832 e. The predicted molar refractivity (Wildman–Crippen MR) is 142 cm³/mol. The van der Waals surface area contributed by atoms with Crippen LogP contribution in [0.5, 0.6) is 0 Å². The molecule has 11 atom stereocenters. The number of rotatable bonds is 6. The van der Waals surface area contributed by atoms with E-state index in [1.165, 1.54) is 38.5 Å². The van der Waals surface area contributed by atoms with Crippen molar-refractivity contribution in [2.45, 2.75) is 110 Å². The summed E-state index contributed by atoms with van der Waals surface area (Å²) < 4.78 is 0. The molecule has 0 aliphatic heterocycles. The fourth-order valence-corrected chi connectivity index (χ4v) is 10.3. The van der Waals surface area contributed by atoms with E-state index in [1.807, 2.05) is 24.3 Å². The number of hydrogen-bond donors (Lipinski definition) is 3. The maximum Gasteiger partial charge on any atom is 0.0832 e. The quantitative estimate of drug-likeness (QED) is 0.386. The van der Waals surface area contributed by atoms with Crippen molar-refractivity contribution in [3.63, 3.8) is 0 Å². The summed E-state index contributed by atoms with van der Waals surface area (Å²) in [4.78, 5) is 0. The Labute approximate surface area is 217 Å². The van der Waals surface area contributed by atoms with Gasteiger partial charge in [0.05, 0.1) is 18.3 Å². The summed E-state index contributed by atoms with van der Waals surface area (Å²) in [6.45, 7) is 7.52. The van der Waals surface area contributed by atoms with Crippen LogP contribution in [0.1, 0.15) is 103 Å². The second-order valence-electron chi connectivity index (χ2n) is 13.3. The topological polar surface area (TPSA) is 60.7 Å². The molecule has 0 saturated heterocycles. The third-order valence-corrected chi connectivity index (χ3v) is 12.2. The van der Waals surface area contributed by atoms with Crippen molar-refractivity contribution in [2.75, 3.05) is 0 Å². The number of aliphatic hydroxyl groups excluding tert-OH is 3. The van der Waals surface area contributed by atoms with E-state index in [2.05, 4.69) is 20.8 Å². The lowest BCUT2D eigenvalue weighted by Gasteiger charge is -2.62. The van der Waals surface area contributed by atoms with Crippen LogP contribution in [0.25, 0.3) is 0 Å². The third-order valence-electron chi connectivity index (χ3n) is 11.9. The predicted octanol–water partition coefficient (Wildman–Crippen LogP) is 7.17. The molecule has 3 nitrogen and oxygen atoms in total. The van der Waals surface area contributed by atoms with Gasteiger partial charge in [0.25, 0.3) is 0 Å². The molecule has 4 aliphatic rings. The highest BCUT2D eigenvalue weighted by molar-refractivity contribution is 6.31. The van der Waals surface area contributed by atoms with Gasteiger partial charge in [0.2, 0.25) is 0 Å². The van der Waals surface area contributed by atoms with Gasteiger partial charge in [-0.15, -0.1) is 0 Å². The number of hydrogen-bond acceptors (Lipinski definition) is 3. The van der Waals surface area contributed by atoms with E-state index in [0.29, 0.717) is 22.3 Å². The third kappa shape index (κ3) is 4.41. The van der Waals surface area contributed by atoms with Gasteiger partial charge in [-0.2, -0.15) is 0 Å². The molecule has 1 aromatic rings. The average molecular weight is 503 g/mol. The molecule has 4 saturated carbocycles. The zero-order valence-electron chi connectivity index (χ0n) is 22.0. The van der Waals surface area contributed by atoms with Crippen LogP contribution >= 0.6 is 11.6 Å². The molecule has 0 aromatic heterocycles. The summed E-state index contributed by atoms with van der Waals surface area (Å²) in [5, 5.41) is 32.5. The van der Waals surface area contributed by atoms with Gasteiger partial charge in [-0.05, 0) is 116 Å². The SMILES string of the molecule is C[C@H](CCCC(O)c1ccccc1Cl)[C@H]1CC[C@H]2[C@@H]3CC[C@H]4[C@@H](O)[C@@H](O)CC[C@]4(C)[C@H]3CC[C@]12C. The van der Waals surface area contributed by atoms with E-state index in [0.717, 1.165) is 55.4 Å². The highest BCUT2D eigenvalue weighted by Gasteiger charge is 2.61. The van der Waals surface area contributed by atoms with Gasteiger partial charge in [0.1, 0.15) is 0 Å². The van der Waals surface area contributed by atoms with E-state index in [1.54, 1.807) is 0 Å². The first-order valence-corrected chi connectivity index (χ1v) is 14.8. The Balaban J connectivity index is 1.22. The molecule has 4 heteroatoms. The Hall–Kier alpha value is -0.610. The Morgan fingerprint density at radius 2 is 1.57 bits per heavy atom. The van der Waals surface area contributed by atoms with Gasteiger partial charge >= 0.3 is 0 Å². The molecule has 0 bridgehead atoms. The lowest BCUT2D eigenvalue weighted by Crippen LogP contribution is -2.58. The van der Waals surface area contributed by atoms with Crippen molar-refractivity contribution in [1.29, 1.82) is 0 Å². The molecule has 35 heavy (non-hydrogen) atoms. The number of aliphatic hydroxyl groups is 3. The first-order valence-electron chi connectivity index (χ1n) is 14.5. The number of benzene rings is 1. The van der Waals surface area contributed by atoms with E-state index in [4.69, 9.17) is 11.6 Å². The molecular weight excluding hydrogens is 456 g/mol. The summed E-state index contributed by atoms with van der Waals surface area (Å²) >= 11 is 6.30. The highest BCUT2D eigenvalue weighted by Crippen LogP contribution is 2.68. The fraction of sp³-hybridized carbons (Fsp3) is 0.806. The summed E-state index contributed by atoms with van der Waals surface area (Å²) in [5.41, 5.74) is 1.48. The first-order chi connectivity index (χ1) is 16.7. The fourth-order valence-electron chi connectivity index (χ4n) is 10.0. The Kier molecular flexibility index (Phi) is 7.38. The molecule has 1 aromatic carbocycles. The zero-order chi connectivity index (χ0) is 25.0. The van der Waals surface area contributed by atoms with Crippen LogP contribution in [0, 0.1) is 46.3 Å². The van der Waals surface area contributed by atoms with Gasteiger partial charge in [-0.1, -0.05) is 63.4 Å². The van der Waals surface area contributed by atoms with Gasteiger partial charge in [-0.25, -0.2) is 0 Å². The van der Waals surface area contributed by atoms with Crippen LogP contribution in [0.2, 0.25) is 5.02 Å². The van der Waals surface area contributed by atoms with Crippen LogP contribution in [0.4, 0.5) is 0 Å². The van der Waals surface area contributed by atoms with Crippen molar-refractivity contribution < 1.29 is 15.3 Å². The maximum atomic E-state index is 10.8. The molecule has 0 spiro atoms. The average Bonchev–Trinajstić information content (AvgIpc) is 3.19. The second kappa shape index (κ2) is 9.93. The molecule has 4 aliphatic carbocycles. The van der Waals surface area contributed by atoms with Crippen molar-refractivity contribution in [3.05, 3.63) is 34.9 Å². The van der Waals surface area contributed by atoms with Crippen LogP contribution in [-0.2, 0) is 0 Å². The lowest BCUT2D eigenvalue weighted by molar-refractivity contribution is -0.174. The molecule has 4 fully saturated rings. The van der Waals surface area contributed by atoms with Crippen LogP contribution in [0.3, 0.4) is 0 Å². The maximum absolute atomic E-state index is 10.8. The molecule has 1 unspecified atom stereocenters. The van der Waals surface area contributed by atoms with Crippen molar-refractivity contribution in [3.8, 4) is 0 Å². The standard InChI is InChI=1S/C31H47ClO3/c1-19(7-6-10-27(33)21-8-4-5-9-26(21)32)22-13-14-23-20-11-12-25-29(35)28(34)16-18-31(25,3)24(20)15-17-30(22,23)2/h4-5,8-9,19-20,22-25,27-29,33-35H,6-7,10-18H2,1-3H3/t19-,20+,22-,23+,24+,25+,27?,28+,29-,30-,31-/m1/s1. The van der Waals surface area contributed by atoms with E-state index >= 15 is 0 Å². The van der Waals surface area contributed by atoms with Gasteiger partial charge in [0, 0.05) is 5.02 Å². The summed E-state index contributed by atoms with van der Waals surface area (Å²) in [5.74, 6) is 4.04. The minimum Gasteiger partial charge on any atom is -0.390 e.